The minimum absolute atomic E-state index is 0.682. The third-order valence-electron chi connectivity index (χ3n) is 4.07. The first-order valence-electron chi connectivity index (χ1n) is 8.77. The van der Waals surface area contributed by atoms with Gasteiger partial charge in [-0.3, -0.25) is 0 Å². The van der Waals surface area contributed by atoms with Crippen LogP contribution in [0.15, 0.2) is 48.5 Å². The van der Waals surface area contributed by atoms with Crippen molar-refractivity contribution in [3.05, 3.63) is 54.1 Å². The van der Waals surface area contributed by atoms with E-state index in [4.69, 9.17) is 15.7 Å². The molecule has 0 fully saturated rings. The molecule has 2 aromatic rings. The second kappa shape index (κ2) is 10.5. The van der Waals surface area contributed by atoms with Crippen LogP contribution in [0.2, 0.25) is 0 Å². The molecule has 2 aromatic carbocycles. The smallest absolute Gasteiger partial charge is 0.119 e. The molecule has 3 heteroatoms. The summed E-state index contributed by atoms with van der Waals surface area (Å²) in [5, 5.41) is 8.84. The number of unbranched alkanes of at least 4 members (excludes halogenated alkanes) is 5. The van der Waals surface area contributed by atoms with Crippen molar-refractivity contribution in [1.82, 2.24) is 0 Å². The number of hydrogen-bond donors (Lipinski definition) is 1. The monoisotopic (exact) mass is 322 g/mol. The molecule has 0 spiro atoms. The van der Waals surface area contributed by atoms with Crippen molar-refractivity contribution < 1.29 is 4.74 Å². The van der Waals surface area contributed by atoms with Gasteiger partial charge in [-0.15, -0.1) is 0 Å². The quantitative estimate of drug-likeness (QED) is 0.633. The SMILES string of the molecule is N#Cc1ccc(-c2ccc(OCCCCCCCCN)cc2)cc1. The standard InChI is InChI=1S/C21H26N2O/c22-15-5-3-1-2-4-6-16-24-21-13-11-20(12-14-21)19-9-7-18(17-23)8-10-19/h7-14H,1-6,15-16,22H2. The van der Waals surface area contributed by atoms with Gasteiger partial charge in [0.2, 0.25) is 0 Å². The molecule has 0 aliphatic rings. The Labute approximate surface area is 145 Å². The number of rotatable bonds is 10. The van der Waals surface area contributed by atoms with E-state index in [9.17, 15) is 0 Å². The van der Waals surface area contributed by atoms with Gasteiger partial charge in [0.15, 0.2) is 0 Å². The maximum Gasteiger partial charge on any atom is 0.119 e. The molecule has 0 saturated heterocycles. The molecule has 0 saturated carbocycles. The summed E-state index contributed by atoms with van der Waals surface area (Å²) >= 11 is 0. The fraction of sp³-hybridized carbons (Fsp3) is 0.381. The van der Waals surface area contributed by atoms with E-state index in [1.165, 1.54) is 25.7 Å². The van der Waals surface area contributed by atoms with Crippen molar-refractivity contribution >= 4 is 0 Å². The Morgan fingerprint density at radius 2 is 1.29 bits per heavy atom. The van der Waals surface area contributed by atoms with E-state index in [1.54, 1.807) is 0 Å². The van der Waals surface area contributed by atoms with Crippen LogP contribution in [0.3, 0.4) is 0 Å². The number of nitrogens with zero attached hydrogens (tertiary/aromatic N) is 1. The Bertz CT molecular complexity index is 626. The lowest BCUT2D eigenvalue weighted by molar-refractivity contribution is 0.304. The maximum absolute atomic E-state index is 8.84. The van der Waals surface area contributed by atoms with Crippen molar-refractivity contribution in [1.29, 1.82) is 5.26 Å². The molecule has 0 amide bonds. The first-order valence-corrected chi connectivity index (χ1v) is 8.77. The summed E-state index contributed by atoms with van der Waals surface area (Å²) in [4.78, 5) is 0. The summed E-state index contributed by atoms with van der Waals surface area (Å²) in [6.07, 6.45) is 7.24. The molecular formula is C21H26N2O. The number of nitriles is 1. The molecule has 2 N–H and O–H groups in total. The van der Waals surface area contributed by atoms with Gasteiger partial charge in [-0.25, -0.2) is 0 Å². The lowest BCUT2D eigenvalue weighted by Crippen LogP contribution is -1.98. The highest BCUT2D eigenvalue weighted by Gasteiger charge is 2.00. The van der Waals surface area contributed by atoms with E-state index in [-0.39, 0.29) is 0 Å². The van der Waals surface area contributed by atoms with Gasteiger partial charge in [-0.2, -0.15) is 5.26 Å². The number of benzene rings is 2. The van der Waals surface area contributed by atoms with Gasteiger partial charge in [-0.05, 0) is 54.8 Å². The van der Waals surface area contributed by atoms with Crippen LogP contribution in [0.1, 0.15) is 44.1 Å². The van der Waals surface area contributed by atoms with Crippen LogP contribution in [0, 0.1) is 11.3 Å². The van der Waals surface area contributed by atoms with Crippen molar-refractivity contribution in [3.63, 3.8) is 0 Å². The summed E-state index contributed by atoms with van der Waals surface area (Å²) in [7, 11) is 0. The molecule has 0 atom stereocenters. The molecule has 3 nitrogen and oxygen atoms in total. The van der Waals surface area contributed by atoms with Gasteiger partial charge in [0.1, 0.15) is 5.75 Å². The molecule has 0 aromatic heterocycles. The van der Waals surface area contributed by atoms with Crippen LogP contribution < -0.4 is 10.5 Å². The van der Waals surface area contributed by atoms with Crippen molar-refractivity contribution in [2.24, 2.45) is 5.73 Å². The minimum atomic E-state index is 0.682. The van der Waals surface area contributed by atoms with Gasteiger partial charge in [0.25, 0.3) is 0 Å². The molecule has 0 aliphatic heterocycles. The van der Waals surface area contributed by atoms with Crippen LogP contribution in [-0.4, -0.2) is 13.2 Å². The number of hydrogen-bond acceptors (Lipinski definition) is 3. The highest BCUT2D eigenvalue weighted by Crippen LogP contribution is 2.23. The van der Waals surface area contributed by atoms with Gasteiger partial charge in [0, 0.05) is 0 Å². The van der Waals surface area contributed by atoms with E-state index in [0.717, 1.165) is 42.9 Å². The highest BCUT2D eigenvalue weighted by atomic mass is 16.5. The summed E-state index contributed by atoms with van der Waals surface area (Å²) in [5.41, 5.74) is 8.41. The van der Waals surface area contributed by atoms with E-state index >= 15 is 0 Å². The van der Waals surface area contributed by atoms with Crippen molar-refractivity contribution in [2.75, 3.05) is 13.2 Å². The van der Waals surface area contributed by atoms with Gasteiger partial charge in [-0.1, -0.05) is 49.9 Å². The third-order valence-corrected chi connectivity index (χ3v) is 4.07. The zero-order chi connectivity index (χ0) is 17.0. The summed E-state index contributed by atoms with van der Waals surface area (Å²) in [5.74, 6) is 0.913. The lowest BCUT2D eigenvalue weighted by atomic mass is 10.0. The maximum atomic E-state index is 8.84. The van der Waals surface area contributed by atoms with Crippen LogP contribution in [0.4, 0.5) is 0 Å². The molecule has 0 aliphatic carbocycles. The molecule has 24 heavy (non-hydrogen) atoms. The van der Waals surface area contributed by atoms with Gasteiger partial charge >= 0.3 is 0 Å². The molecule has 0 radical (unpaired) electrons. The Balaban J connectivity index is 1.71. The largest absolute Gasteiger partial charge is 0.494 e. The minimum Gasteiger partial charge on any atom is -0.494 e. The van der Waals surface area contributed by atoms with E-state index in [0.29, 0.717) is 5.56 Å². The Kier molecular flexibility index (Phi) is 7.86. The summed E-state index contributed by atoms with van der Waals surface area (Å²) in [6.45, 7) is 1.58. The zero-order valence-corrected chi connectivity index (χ0v) is 14.2. The van der Waals surface area contributed by atoms with E-state index in [1.807, 2.05) is 36.4 Å². The molecule has 0 bridgehead atoms. The van der Waals surface area contributed by atoms with Crippen LogP contribution in [0.5, 0.6) is 5.75 Å². The fourth-order valence-corrected chi connectivity index (χ4v) is 2.62. The summed E-state index contributed by atoms with van der Waals surface area (Å²) in [6, 6.07) is 17.9. The Morgan fingerprint density at radius 3 is 1.88 bits per heavy atom. The topological polar surface area (TPSA) is 59.0 Å². The summed E-state index contributed by atoms with van der Waals surface area (Å²) < 4.78 is 5.80. The third kappa shape index (κ3) is 6.06. The van der Waals surface area contributed by atoms with Crippen molar-refractivity contribution in [3.8, 4) is 22.9 Å². The average Bonchev–Trinajstić information content (AvgIpc) is 2.64. The predicted molar refractivity (Wildman–Crippen MR) is 98.8 cm³/mol. The lowest BCUT2D eigenvalue weighted by Gasteiger charge is -2.08. The first-order chi connectivity index (χ1) is 11.8. The normalized spacial score (nSPS) is 10.3. The average molecular weight is 322 g/mol. The number of nitrogens with two attached hydrogens (primary N) is 1. The highest BCUT2D eigenvalue weighted by molar-refractivity contribution is 5.64. The van der Waals surface area contributed by atoms with Crippen molar-refractivity contribution in [2.45, 2.75) is 38.5 Å². The molecule has 126 valence electrons. The van der Waals surface area contributed by atoms with Crippen LogP contribution >= 0.6 is 0 Å². The molecule has 0 unspecified atom stereocenters. The predicted octanol–water partition coefficient (Wildman–Crippen LogP) is 4.90. The molecule has 2 rings (SSSR count). The van der Waals surface area contributed by atoms with Crippen LogP contribution in [-0.2, 0) is 0 Å². The Morgan fingerprint density at radius 1 is 0.750 bits per heavy atom. The zero-order valence-electron chi connectivity index (χ0n) is 14.2. The number of ether oxygens (including phenoxy) is 1. The second-order valence-electron chi connectivity index (χ2n) is 5.97. The first kappa shape index (κ1) is 18.0. The second-order valence-corrected chi connectivity index (χ2v) is 5.97. The molecular weight excluding hydrogens is 296 g/mol. The molecule has 0 heterocycles. The van der Waals surface area contributed by atoms with Crippen LogP contribution in [0.25, 0.3) is 11.1 Å². The Hall–Kier alpha value is -2.31. The van der Waals surface area contributed by atoms with E-state index in [2.05, 4.69) is 18.2 Å². The fourth-order valence-electron chi connectivity index (χ4n) is 2.62. The van der Waals surface area contributed by atoms with Gasteiger partial charge < -0.3 is 10.5 Å². The van der Waals surface area contributed by atoms with E-state index < -0.39 is 0 Å². The van der Waals surface area contributed by atoms with Gasteiger partial charge in [0.05, 0.1) is 18.2 Å².